The Balaban J connectivity index is 2.49. The average Bonchev–Trinajstić information content (AvgIpc) is 2.67. The first-order chi connectivity index (χ1) is 6.81. The van der Waals surface area contributed by atoms with E-state index in [1.807, 2.05) is 0 Å². The molecule has 2 rings (SSSR count). The topological polar surface area (TPSA) is 34.9 Å². The van der Waals surface area contributed by atoms with Gasteiger partial charge in [0.1, 0.15) is 5.69 Å². The molecule has 0 saturated heterocycles. The highest BCUT2D eigenvalue weighted by molar-refractivity contribution is 5.74. The van der Waals surface area contributed by atoms with Crippen molar-refractivity contribution in [3.63, 3.8) is 0 Å². The fourth-order valence-electron chi connectivity index (χ4n) is 1.20. The Hall–Kier alpha value is -1.97. The number of aldehydes is 1. The van der Waals surface area contributed by atoms with Crippen LogP contribution in [0.15, 0.2) is 36.8 Å². The molecule has 3 nitrogen and oxygen atoms in total. The Kier molecular flexibility index (Phi) is 2.10. The summed E-state index contributed by atoms with van der Waals surface area (Å²) >= 11 is 0. The zero-order valence-electron chi connectivity index (χ0n) is 7.22. The van der Waals surface area contributed by atoms with Crippen molar-refractivity contribution in [3.05, 3.63) is 48.3 Å². The van der Waals surface area contributed by atoms with Gasteiger partial charge >= 0.3 is 0 Å². The minimum Gasteiger partial charge on any atom is -0.319 e. The number of pyridine rings is 1. The maximum atomic E-state index is 13.2. The van der Waals surface area contributed by atoms with Crippen LogP contribution >= 0.6 is 0 Å². The molecule has 0 atom stereocenters. The number of aromatic nitrogens is 2. The molecule has 70 valence electrons. The first-order valence-electron chi connectivity index (χ1n) is 4.05. The van der Waals surface area contributed by atoms with E-state index in [2.05, 4.69) is 4.98 Å². The number of rotatable bonds is 2. The number of halogens is 1. The van der Waals surface area contributed by atoms with Crippen molar-refractivity contribution in [3.8, 4) is 5.69 Å². The van der Waals surface area contributed by atoms with Crippen molar-refractivity contribution in [2.75, 3.05) is 0 Å². The van der Waals surface area contributed by atoms with E-state index in [0.29, 0.717) is 17.5 Å². The van der Waals surface area contributed by atoms with Gasteiger partial charge in [-0.3, -0.25) is 4.79 Å². The highest BCUT2D eigenvalue weighted by atomic mass is 19.1. The molecule has 14 heavy (non-hydrogen) atoms. The molecule has 2 aromatic rings. The van der Waals surface area contributed by atoms with E-state index < -0.39 is 5.95 Å². The SMILES string of the molecule is O=Cc1ccn(-c2cccnc2F)c1. The Labute approximate surface area is 79.8 Å². The lowest BCUT2D eigenvalue weighted by atomic mass is 10.4. The van der Waals surface area contributed by atoms with Crippen LogP contribution in [-0.4, -0.2) is 15.8 Å². The van der Waals surface area contributed by atoms with Crippen molar-refractivity contribution in [1.29, 1.82) is 0 Å². The second-order valence-corrected chi connectivity index (χ2v) is 2.78. The van der Waals surface area contributed by atoms with E-state index >= 15 is 0 Å². The average molecular weight is 190 g/mol. The van der Waals surface area contributed by atoms with Crippen molar-refractivity contribution >= 4 is 6.29 Å². The van der Waals surface area contributed by atoms with Crippen molar-refractivity contribution < 1.29 is 9.18 Å². The molecule has 0 bridgehead atoms. The third-order valence-corrected chi connectivity index (χ3v) is 1.87. The maximum absolute atomic E-state index is 13.2. The fraction of sp³-hybridized carbons (Fsp3) is 0. The van der Waals surface area contributed by atoms with Crippen LogP contribution in [0.25, 0.3) is 5.69 Å². The van der Waals surface area contributed by atoms with E-state index in [1.54, 1.807) is 30.6 Å². The first kappa shape index (κ1) is 8.62. The van der Waals surface area contributed by atoms with Crippen LogP contribution in [0.5, 0.6) is 0 Å². The number of carbonyl (C=O) groups is 1. The zero-order valence-corrected chi connectivity index (χ0v) is 7.22. The number of hydrogen-bond donors (Lipinski definition) is 0. The largest absolute Gasteiger partial charge is 0.319 e. The molecular formula is C10H7FN2O. The zero-order chi connectivity index (χ0) is 9.97. The third-order valence-electron chi connectivity index (χ3n) is 1.87. The second-order valence-electron chi connectivity index (χ2n) is 2.78. The van der Waals surface area contributed by atoms with Gasteiger partial charge in [-0.05, 0) is 18.2 Å². The molecule has 0 unspecified atom stereocenters. The molecule has 0 spiro atoms. The minimum atomic E-state index is -0.555. The van der Waals surface area contributed by atoms with E-state index in [1.165, 1.54) is 10.8 Å². The molecule has 0 radical (unpaired) electrons. The molecule has 0 N–H and O–H groups in total. The van der Waals surface area contributed by atoms with Gasteiger partial charge in [-0.15, -0.1) is 0 Å². The molecule has 0 aliphatic carbocycles. The summed E-state index contributed by atoms with van der Waals surface area (Å²) in [7, 11) is 0. The van der Waals surface area contributed by atoms with Gasteiger partial charge in [0, 0.05) is 24.2 Å². The van der Waals surface area contributed by atoms with Crippen molar-refractivity contribution in [1.82, 2.24) is 9.55 Å². The maximum Gasteiger partial charge on any atom is 0.237 e. The predicted molar refractivity (Wildman–Crippen MR) is 48.9 cm³/mol. The van der Waals surface area contributed by atoms with Crippen molar-refractivity contribution in [2.45, 2.75) is 0 Å². The van der Waals surface area contributed by atoms with Gasteiger partial charge in [-0.1, -0.05) is 0 Å². The molecule has 0 saturated carbocycles. The van der Waals surface area contributed by atoms with Gasteiger partial charge in [0.05, 0.1) is 0 Å². The van der Waals surface area contributed by atoms with Crippen LogP contribution < -0.4 is 0 Å². The monoisotopic (exact) mass is 190 g/mol. The number of hydrogen-bond acceptors (Lipinski definition) is 2. The lowest BCUT2D eigenvalue weighted by molar-refractivity contribution is 0.112. The van der Waals surface area contributed by atoms with Gasteiger partial charge in [0.25, 0.3) is 0 Å². The lowest BCUT2D eigenvalue weighted by Gasteiger charge is -2.01. The highest BCUT2D eigenvalue weighted by Gasteiger charge is 2.04. The summed E-state index contributed by atoms with van der Waals surface area (Å²) in [6.45, 7) is 0. The Bertz CT molecular complexity index is 465. The Morgan fingerprint density at radius 1 is 1.43 bits per heavy atom. The molecule has 4 heteroatoms. The molecule has 2 aromatic heterocycles. The van der Waals surface area contributed by atoms with Crippen LogP contribution in [-0.2, 0) is 0 Å². The van der Waals surface area contributed by atoms with Gasteiger partial charge in [-0.25, -0.2) is 4.98 Å². The second kappa shape index (κ2) is 3.41. The van der Waals surface area contributed by atoms with Gasteiger partial charge in [0.2, 0.25) is 5.95 Å². The summed E-state index contributed by atoms with van der Waals surface area (Å²) in [5.41, 5.74) is 0.842. The third kappa shape index (κ3) is 1.42. The Morgan fingerprint density at radius 3 is 2.93 bits per heavy atom. The normalized spacial score (nSPS) is 10.1. The standard InChI is InChI=1S/C10H7FN2O/c11-10-9(2-1-4-12-10)13-5-3-8(6-13)7-14/h1-7H. The van der Waals surface area contributed by atoms with Crippen LogP contribution in [0.4, 0.5) is 4.39 Å². The minimum absolute atomic E-state index is 0.334. The smallest absolute Gasteiger partial charge is 0.237 e. The summed E-state index contributed by atoms with van der Waals surface area (Å²) < 4.78 is 14.7. The summed E-state index contributed by atoms with van der Waals surface area (Å²) in [5.74, 6) is -0.555. The molecule has 0 aromatic carbocycles. The Morgan fingerprint density at radius 2 is 2.29 bits per heavy atom. The molecule has 0 aliphatic heterocycles. The van der Waals surface area contributed by atoms with Crippen LogP contribution in [0, 0.1) is 5.95 Å². The highest BCUT2D eigenvalue weighted by Crippen LogP contribution is 2.11. The van der Waals surface area contributed by atoms with E-state index in [4.69, 9.17) is 0 Å². The fourth-order valence-corrected chi connectivity index (χ4v) is 1.20. The first-order valence-corrected chi connectivity index (χ1v) is 4.05. The molecule has 0 fully saturated rings. The molecule has 0 amide bonds. The quantitative estimate of drug-likeness (QED) is 0.534. The lowest BCUT2D eigenvalue weighted by Crippen LogP contribution is -1.96. The van der Waals surface area contributed by atoms with E-state index in [0.717, 1.165) is 0 Å². The van der Waals surface area contributed by atoms with Gasteiger partial charge in [0.15, 0.2) is 6.29 Å². The summed E-state index contributed by atoms with van der Waals surface area (Å²) in [4.78, 5) is 13.9. The van der Waals surface area contributed by atoms with E-state index in [9.17, 15) is 9.18 Å². The summed E-state index contributed by atoms with van der Waals surface area (Å²) in [6.07, 6.45) is 5.25. The number of nitrogens with zero attached hydrogens (tertiary/aromatic N) is 2. The molecule has 0 aliphatic rings. The van der Waals surface area contributed by atoms with Crippen molar-refractivity contribution in [2.24, 2.45) is 0 Å². The summed E-state index contributed by atoms with van der Waals surface area (Å²) in [5, 5.41) is 0. The van der Waals surface area contributed by atoms with Gasteiger partial charge in [-0.2, -0.15) is 4.39 Å². The van der Waals surface area contributed by atoms with E-state index in [-0.39, 0.29) is 0 Å². The van der Waals surface area contributed by atoms with Gasteiger partial charge < -0.3 is 4.57 Å². The van der Waals surface area contributed by atoms with Crippen LogP contribution in [0.2, 0.25) is 0 Å². The summed E-state index contributed by atoms with van der Waals surface area (Å²) in [6, 6.07) is 4.84. The van der Waals surface area contributed by atoms with Crippen LogP contribution in [0.1, 0.15) is 10.4 Å². The number of carbonyl (C=O) groups excluding carboxylic acids is 1. The van der Waals surface area contributed by atoms with Crippen LogP contribution in [0.3, 0.4) is 0 Å². The molecule has 2 heterocycles. The molecular weight excluding hydrogens is 183 g/mol. The predicted octanol–water partition coefficient (Wildman–Crippen LogP) is 1.82.